The van der Waals surface area contributed by atoms with Crippen LogP contribution in [0.1, 0.15) is 39.5 Å². The second-order valence-corrected chi connectivity index (χ2v) is 9.11. The zero-order valence-corrected chi connectivity index (χ0v) is 18.8. The van der Waals surface area contributed by atoms with Crippen LogP contribution in [0.4, 0.5) is 0 Å². The molecule has 0 N–H and O–H groups in total. The van der Waals surface area contributed by atoms with Gasteiger partial charge in [0.1, 0.15) is 5.52 Å². The van der Waals surface area contributed by atoms with Gasteiger partial charge in [-0.05, 0) is 48.0 Å². The molecule has 0 aliphatic carbocycles. The van der Waals surface area contributed by atoms with E-state index in [2.05, 4.69) is 15.4 Å². The number of aromatic nitrogens is 3. The van der Waals surface area contributed by atoms with Crippen LogP contribution in [0.3, 0.4) is 0 Å². The van der Waals surface area contributed by atoms with Gasteiger partial charge in [-0.1, -0.05) is 17.3 Å². The number of hydrazone groups is 1. The number of rotatable bonds is 6. The van der Waals surface area contributed by atoms with Crippen LogP contribution in [0, 0.1) is 0 Å². The molecular weight excluding hydrogens is 446 g/mol. The third kappa shape index (κ3) is 3.82. The van der Waals surface area contributed by atoms with Crippen LogP contribution in [0.25, 0.3) is 11.0 Å². The van der Waals surface area contributed by atoms with E-state index in [9.17, 15) is 9.59 Å². The Morgan fingerprint density at radius 2 is 2.00 bits per heavy atom. The Labute approximate surface area is 191 Å². The third-order valence-electron chi connectivity index (χ3n) is 5.22. The number of nitrogens with zero attached hydrogens (tertiary/aromatic N) is 5. The fourth-order valence-electron chi connectivity index (χ4n) is 3.64. The highest BCUT2D eigenvalue weighted by atomic mass is 32.1. The number of fused-ring (bicyclic) bond motifs is 1. The van der Waals surface area contributed by atoms with E-state index in [1.165, 1.54) is 5.01 Å². The number of aryl methyl sites for hydroxylation is 1. The van der Waals surface area contributed by atoms with Crippen LogP contribution in [0.5, 0.6) is 0 Å². The number of hydrogen-bond acceptors (Lipinski definition) is 8. The van der Waals surface area contributed by atoms with Crippen molar-refractivity contribution in [3.63, 3.8) is 0 Å². The molecule has 1 amide bonds. The maximum atomic E-state index is 13.0. The highest BCUT2D eigenvalue weighted by molar-refractivity contribution is 7.12. The van der Waals surface area contributed by atoms with Gasteiger partial charge >= 0.3 is 5.97 Å². The molecule has 5 rings (SSSR count). The number of hydrogen-bond donors (Lipinski definition) is 0. The van der Waals surface area contributed by atoms with Gasteiger partial charge in [-0.25, -0.2) is 14.5 Å². The van der Waals surface area contributed by atoms with Gasteiger partial charge < -0.3 is 4.74 Å². The minimum absolute atomic E-state index is 0.196. The van der Waals surface area contributed by atoms with E-state index in [1.54, 1.807) is 45.6 Å². The zero-order valence-electron chi connectivity index (χ0n) is 17.2. The predicted molar refractivity (Wildman–Crippen MR) is 123 cm³/mol. The van der Waals surface area contributed by atoms with E-state index in [0.717, 1.165) is 21.0 Å². The van der Waals surface area contributed by atoms with Crippen molar-refractivity contribution in [2.24, 2.45) is 5.10 Å². The first-order valence-electron chi connectivity index (χ1n) is 10.1. The molecular formula is C22H19N5O3S2. The number of esters is 1. The molecule has 10 heteroatoms. The number of benzene rings is 1. The fraction of sp³-hybridized carbons (Fsp3) is 0.227. The molecule has 0 bridgehead atoms. The van der Waals surface area contributed by atoms with Gasteiger partial charge in [-0.2, -0.15) is 5.10 Å². The molecule has 4 heterocycles. The van der Waals surface area contributed by atoms with Gasteiger partial charge in [0.25, 0.3) is 5.91 Å². The lowest BCUT2D eigenvalue weighted by Crippen LogP contribution is -2.31. The first-order chi connectivity index (χ1) is 15.6. The van der Waals surface area contributed by atoms with Crippen LogP contribution in [0.2, 0.25) is 0 Å². The van der Waals surface area contributed by atoms with Gasteiger partial charge in [0, 0.05) is 17.8 Å². The smallest absolute Gasteiger partial charge is 0.338 e. The van der Waals surface area contributed by atoms with Crippen molar-refractivity contribution in [2.75, 3.05) is 6.61 Å². The molecule has 1 atom stereocenters. The number of ether oxygens (including phenoxy) is 1. The molecule has 3 aromatic heterocycles. The molecule has 162 valence electrons. The van der Waals surface area contributed by atoms with E-state index >= 15 is 0 Å². The van der Waals surface area contributed by atoms with Gasteiger partial charge in [0.2, 0.25) is 0 Å². The zero-order chi connectivity index (χ0) is 22.1. The maximum Gasteiger partial charge on any atom is 0.338 e. The molecule has 32 heavy (non-hydrogen) atoms. The summed E-state index contributed by atoms with van der Waals surface area (Å²) in [5, 5.41) is 18.1. The lowest BCUT2D eigenvalue weighted by atomic mass is 10.1. The van der Waals surface area contributed by atoms with Crippen LogP contribution in [-0.4, -0.2) is 44.2 Å². The Hall–Kier alpha value is -3.37. The molecule has 0 radical (unpaired) electrons. The van der Waals surface area contributed by atoms with Crippen molar-refractivity contribution in [3.05, 3.63) is 68.5 Å². The molecule has 1 unspecified atom stereocenters. The Balaban J connectivity index is 1.31. The van der Waals surface area contributed by atoms with E-state index in [-0.39, 0.29) is 18.6 Å². The summed E-state index contributed by atoms with van der Waals surface area (Å²) < 4.78 is 7.07. The summed E-state index contributed by atoms with van der Waals surface area (Å²) in [6, 6.07) is 12.8. The summed E-state index contributed by atoms with van der Waals surface area (Å²) in [6.45, 7) is 2.27. The Kier molecular flexibility index (Phi) is 5.54. The largest absolute Gasteiger partial charge is 0.452 e. The molecule has 0 saturated heterocycles. The second kappa shape index (κ2) is 8.64. The van der Waals surface area contributed by atoms with Gasteiger partial charge in [-0.3, -0.25) is 4.79 Å². The highest BCUT2D eigenvalue weighted by Crippen LogP contribution is 2.35. The van der Waals surface area contributed by atoms with Crippen LogP contribution >= 0.6 is 22.7 Å². The third-order valence-corrected chi connectivity index (χ3v) is 7.11. The first kappa shape index (κ1) is 20.5. The molecule has 1 aliphatic rings. The minimum atomic E-state index is -0.583. The van der Waals surface area contributed by atoms with Crippen molar-refractivity contribution in [1.29, 1.82) is 0 Å². The van der Waals surface area contributed by atoms with Crippen molar-refractivity contribution >= 4 is 51.3 Å². The maximum absolute atomic E-state index is 13.0. The van der Waals surface area contributed by atoms with Crippen molar-refractivity contribution in [3.8, 4) is 0 Å². The quantitative estimate of drug-likeness (QED) is 0.400. The number of amides is 1. The number of carbonyl (C=O) groups is 2. The molecule has 0 fully saturated rings. The molecule has 0 spiro atoms. The molecule has 4 aromatic rings. The Bertz CT molecular complexity index is 1290. The van der Waals surface area contributed by atoms with Gasteiger partial charge in [0.05, 0.1) is 27.7 Å². The second-order valence-electron chi connectivity index (χ2n) is 7.18. The standard InChI is InChI=1S/C22H19N5O3S2/c1-2-26-17-8-7-14(11-15(17)23-25-26)22(29)30-13-21(28)27-18(20-6-4-10-32-20)12-16(24-27)19-5-3-9-31-19/h3-11,18H,2,12-13H2,1H3. The van der Waals surface area contributed by atoms with E-state index in [4.69, 9.17) is 4.74 Å². The van der Waals surface area contributed by atoms with Crippen LogP contribution in [0.15, 0.2) is 58.3 Å². The summed E-state index contributed by atoms with van der Waals surface area (Å²) in [6.07, 6.45) is 0.629. The first-order valence-corrected chi connectivity index (χ1v) is 11.9. The lowest BCUT2D eigenvalue weighted by Gasteiger charge is -2.20. The van der Waals surface area contributed by atoms with Gasteiger partial charge in [-0.15, -0.1) is 27.8 Å². The van der Waals surface area contributed by atoms with Crippen molar-refractivity contribution < 1.29 is 14.3 Å². The molecule has 1 aromatic carbocycles. The lowest BCUT2D eigenvalue weighted by molar-refractivity contribution is -0.136. The Morgan fingerprint density at radius 1 is 1.16 bits per heavy atom. The minimum Gasteiger partial charge on any atom is -0.452 e. The van der Waals surface area contributed by atoms with Crippen molar-refractivity contribution in [2.45, 2.75) is 25.9 Å². The number of thiophene rings is 2. The van der Waals surface area contributed by atoms with Crippen LogP contribution < -0.4 is 0 Å². The molecule has 0 saturated carbocycles. The SMILES string of the molecule is CCn1nnc2cc(C(=O)OCC(=O)N3N=C(c4cccs4)CC3c3cccs3)ccc21. The van der Waals surface area contributed by atoms with E-state index < -0.39 is 5.97 Å². The topological polar surface area (TPSA) is 89.7 Å². The van der Waals surface area contributed by atoms with Crippen molar-refractivity contribution in [1.82, 2.24) is 20.0 Å². The van der Waals surface area contributed by atoms with E-state index in [1.807, 2.05) is 41.9 Å². The number of carbonyl (C=O) groups excluding carboxylic acids is 2. The van der Waals surface area contributed by atoms with Gasteiger partial charge in [0.15, 0.2) is 6.61 Å². The highest BCUT2D eigenvalue weighted by Gasteiger charge is 2.34. The normalized spacial score (nSPS) is 15.8. The Morgan fingerprint density at radius 3 is 2.75 bits per heavy atom. The average Bonchev–Trinajstić information content (AvgIpc) is 3.62. The van der Waals surface area contributed by atoms with E-state index in [0.29, 0.717) is 24.0 Å². The summed E-state index contributed by atoms with van der Waals surface area (Å²) in [5.41, 5.74) is 2.64. The summed E-state index contributed by atoms with van der Waals surface area (Å²) in [7, 11) is 0. The summed E-state index contributed by atoms with van der Waals surface area (Å²) in [4.78, 5) is 27.6. The van der Waals surface area contributed by atoms with Crippen LogP contribution in [-0.2, 0) is 16.1 Å². The monoisotopic (exact) mass is 465 g/mol. The summed E-state index contributed by atoms with van der Waals surface area (Å²) in [5.74, 6) is -0.943. The predicted octanol–water partition coefficient (Wildman–Crippen LogP) is 4.11. The summed E-state index contributed by atoms with van der Waals surface area (Å²) >= 11 is 3.17. The average molecular weight is 466 g/mol. The molecule has 8 nitrogen and oxygen atoms in total. The fourth-order valence-corrected chi connectivity index (χ4v) is 5.18. The molecule has 1 aliphatic heterocycles.